The molecule has 1 fully saturated rings. The van der Waals surface area contributed by atoms with Crippen molar-refractivity contribution in [3.8, 4) is 0 Å². The fraction of sp³-hybridized carbons (Fsp3) is 0.538. The van der Waals surface area contributed by atoms with Gasteiger partial charge >= 0.3 is 0 Å². The van der Waals surface area contributed by atoms with E-state index in [0.29, 0.717) is 17.5 Å². The van der Waals surface area contributed by atoms with E-state index in [2.05, 4.69) is 0 Å². The molecule has 17 heavy (non-hydrogen) atoms. The van der Waals surface area contributed by atoms with Gasteiger partial charge in [-0.2, -0.15) is 0 Å². The highest BCUT2D eigenvalue weighted by Gasteiger charge is 2.29. The highest BCUT2D eigenvalue weighted by atomic mass is 35.5. The molecule has 94 valence electrons. The number of hydrogen-bond acceptors (Lipinski definition) is 2. The summed E-state index contributed by atoms with van der Waals surface area (Å²) in [7, 11) is -0.975. The van der Waals surface area contributed by atoms with Crippen LogP contribution in [0.5, 0.6) is 0 Å². The average molecular weight is 272 g/mol. The maximum atomic E-state index is 12.5. The van der Waals surface area contributed by atoms with Crippen LogP contribution >= 0.6 is 11.6 Å². The monoisotopic (exact) mass is 271 g/mol. The van der Waals surface area contributed by atoms with Gasteiger partial charge in [-0.25, -0.2) is 0 Å². The largest absolute Gasteiger partial charge is 0.330 e. The number of hydrogen-bond donors (Lipinski definition) is 1. The molecule has 3 atom stereocenters. The van der Waals surface area contributed by atoms with E-state index in [9.17, 15) is 4.21 Å². The first-order valence-electron chi connectivity index (χ1n) is 6.08. The Hall–Kier alpha value is -0.380. The summed E-state index contributed by atoms with van der Waals surface area (Å²) in [5.74, 6) is 0.392. The van der Waals surface area contributed by atoms with Crippen LogP contribution in [0.1, 0.15) is 25.7 Å². The molecule has 1 aromatic carbocycles. The number of rotatable bonds is 3. The van der Waals surface area contributed by atoms with Crippen molar-refractivity contribution in [1.82, 2.24) is 0 Å². The topological polar surface area (TPSA) is 43.1 Å². The molecule has 3 unspecified atom stereocenters. The van der Waals surface area contributed by atoms with Crippen molar-refractivity contribution in [3.63, 3.8) is 0 Å². The second-order valence-corrected chi connectivity index (χ2v) is 6.68. The number of nitrogens with two attached hydrogens (primary N) is 1. The van der Waals surface area contributed by atoms with E-state index in [-0.39, 0.29) is 5.25 Å². The Morgan fingerprint density at radius 2 is 2.12 bits per heavy atom. The lowest BCUT2D eigenvalue weighted by molar-refractivity contribution is 0.372. The summed E-state index contributed by atoms with van der Waals surface area (Å²) in [4.78, 5) is 0.836. The van der Waals surface area contributed by atoms with Gasteiger partial charge in [-0.05, 0) is 43.5 Å². The zero-order valence-electron chi connectivity index (χ0n) is 9.77. The predicted molar refractivity (Wildman–Crippen MR) is 72.7 cm³/mol. The van der Waals surface area contributed by atoms with Gasteiger partial charge in [0.05, 0.1) is 10.8 Å². The third-order valence-electron chi connectivity index (χ3n) is 3.45. The van der Waals surface area contributed by atoms with E-state index in [1.807, 2.05) is 18.2 Å². The first-order valence-corrected chi connectivity index (χ1v) is 7.67. The van der Waals surface area contributed by atoms with Gasteiger partial charge in [0.1, 0.15) is 0 Å². The minimum Gasteiger partial charge on any atom is -0.330 e. The highest BCUT2D eigenvalue weighted by Crippen LogP contribution is 2.30. The molecule has 2 N–H and O–H groups in total. The Balaban J connectivity index is 2.18. The molecule has 1 aliphatic rings. The Morgan fingerprint density at radius 3 is 2.82 bits per heavy atom. The predicted octanol–water partition coefficient (Wildman–Crippen LogP) is 2.97. The summed E-state index contributed by atoms with van der Waals surface area (Å²) < 4.78 is 12.5. The third-order valence-corrected chi connectivity index (χ3v) is 5.57. The fourth-order valence-electron chi connectivity index (χ4n) is 2.49. The van der Waals surface area contributed by atoms with Crippen LogP contribution in [0.2, 0.25) is 5.02 Å². The zero-order chi connectivity index (χ0) is 12.3. The minimum atomic E-state index is -0.975. The van der Waals surface area contributed by atoms with E-state index in [4.69, 9.17) is 17.3 Å². The van der Waals surface area contributed by atoms with Gasteiger partial charge in [-0.15, -0.1) is 0 Å². The first kappa shape index (κ1) is 13.1. The summed E-state index contributed by atoms with van der Waals surface area (Å²) >= 11 is 5.94. The molecule has 0 amide bonds. The summed E-state index contributed by atoms with van der Waals surface area (Å²) in [6.45, 7) is 0.636. The second-order valence-electron chi connectivity index (χ2n) is 4.57. The Labute approximate surface area is 110 Å². The van der Waals surface area contributed by atoms with Gasteiger partial charge in [0, 0.05) is 15.2 Å². The number of halogens is 1. The summed E-state index contributed by atoms with van der Waals surface area (Å²) in [5.41, 5.74) is 5.78. The normalized spacial score (nSPS) is 26.7. The molecule has 1 aromatic rings. The third kappa shape index (κ3) is 3.09. The number of benzene rings is 1. The Bertz CT molecular complexity index is 410. The van der Waals surface area contributed by atoms with E-state index in [0.717, 1.165) is 24.2 Å². The van der Waals surface area contributed by atoms with E-state index in [1.165, 1.54) is 6.42 Å². The maximum Gasteiger partial charge on any atom is 0.0564 e. The standard InChI is InChI=1S/C13H18ClNOS/c14-11-5-3-6-12(8-11)17(16)13-7-2-1-4-10(13)9-15/h3,5-6,8,10,13H,1-2,4,7,9,15H2. The van der Waals surface area contributed by atoms with Crippen molar-refractivity contribution in [2.45, 2.75) is 35.8 Å². The lowest BCUT2D eigenvalue weighted by Crippen LogP contribution is -2.34. The molecular weight excluding hydrogens is 254 g/mol. The van der Waals surface area contributed by atoms with Crippen LogP contribution in [0, 0.1) is 5.92 Å². The molecule has 0 radical (unpaired) electrons. The average Bonchev–Trinajstić information content (AvgIpc) is 2.38. The van der Waals surface area contributed by atoms with Crippen LogP contribution in [-0.2, 0) is 10.8 Å². The maximum absolute atomic E-state index is 12.5. The van der Waals surface area contributed by atoms with Crippen LogP contribution in [0.4, 0.5) is 0 Å². The van der Waals surface area contributed by atoms with Gasteiger partial charge in [0.2, 0.25) is 0 Å². The van der Waals surface area contributed by atoms with Crippen LogP contribution in [0.15, 0.2) is 29.2 Å². The molecule has 0 saturated heterocycles. The van der Waals surface area contributed by atoms with Gasteiger partial charge < -0.3 is 5.73 Å². The van der Waals surface area contributed by atoms with Crippen molar-refractivity contribution in [3.05, 3.63) is 29.3 Å². The molecule has 2 rings (SSSR count). The molecule has 0 bridgehead atoms. The molecular formula is C13H18ClNOS. The van der Waals surface area contributed by atoms with E-state index < -0.39 is 10.8 Å². The van der Waals surface area contributed by atoms with Crippen molar-refractivity contribution < 1.29 is 4.21 Å². The Kier molecular flexibility index (Phi) is 4.60. The van der Waals surface area contributed by atoms with Crippen molar-refractivity contribution in [2.24, 2.45) is 11.7 Å². The minimum absolute atomic E-state index is 0.201. The van der Waals surface area contributed by atoms with Crippen LogP contribution in [0.25, 0.3) is 0 Å². The van der Waals surface area contributed by atoms with E-state index in [1.54, 1.807) is 6.07 Å². The fourth-order valence-corrected chi connectivity index (χ4v) is 4.53. The van der Waals surface area contributed by atoms with Crippen molar-refractivity contribution in [1.29, 1.82) is 0 Å². The molecule has 4 heteroatoms. The van der Waals surface area contributed by atoms with Gasteiger partial charge in [0.25, 0.3) is 0 Å². The SMILES string of the molecule is NCC1CCCCC1S(=O)c1cccc(Cl)c1. The Morgan fingerprint density at radius 1 is 1.35 bits per heavy atom. The van der Waals surface area contributed by atoms with E-state index >= 15 is 0 Å². The molecule has 2 nitrogen and oxygen atoms in total. The summed E-state index contributed by atoms with van der Waals surface area (Å²) in [6.07, 6.45) is 4.49. The quantitative estimate of drug-likeness (QED) is 0.918. The molecule has 1 aliphatic carbocycles. The lowest BCUT2D eigenvalue weighted by Gasteiger charge is -2.29. The molecule has 1 saturated carbocycles. The first-order chi connectivity index (χ1) is 8.22. The van der Waals surface area contributed by atoms with Crippen LogP contribution < -0.4 is 5.73 Å². The molecule has 0 aliphatic heterocycles. The lowest BCUT2D eigenvalue weighted by atomic mass is 9.89. The van der Waals surface area contributed by atoms with Gasteiger partial charge in [-0.1, -0.05) is 30.5 Å². The molecule has 0 aromatic heterocycles. The zero-order valence-corrected chi connectivity index (χ0v) is 11.3. The van der Waals surface area contributed by atoms with Crippen molar-refractivity contribution >= 4 is 22.4 Å². The van der Waals surface area contributed by atoms with Gasteiger partial charge in [-0.3, -0.25) is 4.21 Å². The smallest absolute Gasteiger partial charge is 0.0564 e. The summed E-state index contributed by atoms with van der Waals surface area (Å²) in [6, 6.07) is 7.36. The van der Waals surface area contributed by atoms with Gasteiger partial charge in [0.15, 0.2) is 0 Å². The second kappa shape index (κ2) is 5.98. The van der Waals surface area contributed by atoms with Crippen molar-refractivity contribution in [2.75, 3.05) is 6.54 Å². The molecule has 0 spiro atoms. The molecule has 0 heterocycles. The highest BCUT2D eigenvalue weighted by molar-refractivity contribution is 7.85. The van der Waals surface area contributed by atoms with Crippen LogP contribution in [-0.4, -0.2) is 16.0 Å². The van der Waals surface area contributed by atoms with Crippen LogP contribution in [0.3, 0.4) is 0 Å². The summed E-state index contributed by atoms with van der Waals surface area (Å²) in [5, 5.41) is 0.850.